The number of nitrogens with two attached hydrogens (primary N) is 1. The van der Waals surface area contributed by atoms with Crippen LogP contribution in [0.2, 0.25) is 0 Å². The van der Waals surface area contributed by atoms with Crippen LogP contribution >= 0.6 is 0 Å². The lowest BCUT2D eigenvalue weighted by molar-refractivity contribution is -0.124. The first-order chi connectivity index (χ1) is 5.13. The smallest absolute Gasteiger partial charge is 0.243 e. The van der Waals surface area contributed by atoms with E-state index in [1.54, 1.807) is 0 Å². The van der Waals surface area contributed by atoms with E-state index in [9.17, 15) is 13.6 Å². The van der Waals surface area contributed by atoms with Crippen LogP contribution in [0.4, 0.5) is 8.78 Å². The Kier molecular flexibility index (Phi) is 2.38. The van der Waals surface area contributed by atoms with E-state index < -0.39 is 24.2 Å². The van der Waals surface area contributed by atoms with E-state index in [-0.39, 0.29) is 13.1 Å². The summed E-state index contributed by atoms with van der Waals surface area (Å²) in [5.41, 5.74) is 4.91. The molecule has 0 aromatic carbocycles. The van der Waals surface area contributed by atoms with Gasteiger partial charge in [0, 0.05) is 19.0 Å². The summed E-state index contributed by atoms with van der Waals surface area (Å²) in [4.78, 5) is 10.6. The number of nitrogens with one attached hydrogen (secondary N) is 1. The Labute approximate surface area is 62.9 Å². The number of alkyl halides is 2. The van der Waals surface area contributed by atoms with Crippen molar-refractivity contribution < 1.29 is 13.6 Å². The molecule has 1 fully saturated rings. The Morgan fingerprint density at radius 3 is 2.55 bits per heavy atom. The molecule has 64 valence electrons. The van der Waals surface area contributed by atoms with Gasteiger partial charge in [0.05, 0.1) is 5.92 Å². The molecule has 2 atom stereocenters. The summed E-state index contributed by atoms with van der Waals surface area (Å²) in [5, 5.41) is 2.70. The average Bonchev–Trinajstić information content (AvgIpc) is 2.32. The van der Waals surface area contributed by atoms with Crippen LogP contribution in [0.15, 0.2) is 0 Å². The molecule has 3 nitrogen and oxygen atoms in total. The third kappa shape index (κ3) is 1.65. The fraction of sp³-hybridized carbons (Fsp3) is 0.833. The lowest BCUT2D eigenvalue weighted by Crippen LogP contribution is -2.32. The number of carbonyl (C=O) groups is 1. The van der Waals surface area contributed by atoms with E-state index in [0.717, 1.165) is 0 Å². The Balaban J connectivity index is 2.58. The highest BCUT2D eigenvalue weighted by molar-refractivity contribution is 5.77. The van der Waals surface area contributed by atoms with E-state index in [1.807, 2.05) is 0 Å². The molecule has 1 amide bonds. The SMILES string of the molecule is NC(=O)C1CNCC1C(F)F. The summed E-state index contributed by atoms with van der Waals surface area (Å²) < 4.78 is 24.2. The minimum atomic E-state index is -2.46. The van der Waals surface area contributed by atoms with Crippen LogP contribution in [0.1, 0.15) is 0 Å². The standard InChI is InChI=1S/C6H10F2N2O/c7-5(8)3-1-10-2-4(3)6(9)11/h3-5,10H,1-2H2,(H2,9,11). The number of carbonyl (C=O) groups excluding carboxylic acids is 1. The van der Waals surface area contributed by atoms with Crippen molar-refractivity contribution in [2.45, 2.75) is 6.43 Å². The van der Waals surface area contributed by atoms with Crippen LogP contribution in [0.5, 0.6) is 0 Å². The molecular formula is C6H10F2N2O. The Hall–Kier alpha value is -0.710. The van der Waals surface area contributed by atoms with Gasteiger partial charge in [0.1, 0.15) is 0 Å². The van der Waals surface area contributed by atoms with Gasteiger partial charge in [0.2, 0.25) is 12.3 Å². The number of rotatable bonds is 2. The molecule has 11 heavy (non-hydrogen) atoms. The summed E-state index contributed by atoms with van der Waals surface area (Å²) in [6.45, 7) is 0.468. The fourth-order valence-corrected chi connectivity index (χ4v) is 1.28. The first kappa shape index (κ1) is 8.39. The van der Waals surface area contributed by atoms with Crippen molar-refractivity contribution >= 4 is 5.91 Å². The Bertz CT molecular complexity index is 163. The quantitative estimate of drug-likeness (QED) is 0.582. The van der Waals surface area contributed by atoms with E-state index in [2.05, 4.69) is 5.32 Å². The van der Waals surface area contributed by atoms with Crippen molar-refractivity contribution in [1.29, 1.82) is 0 Å². The molecule has 0 spiro atoms. The molecule has 0 bridgehead atoms. The largest absolute Gasteiger partial charge is 0.369 e. The second-order valence-corrected chi connectivity index (χ2v) is 2.67. The minimum absolute atomic E-state index is 0.186. The molecule has 0 radical (unpaired) electrons. The number of primary amides is 1. The molecule has 2 unspecified atom stereocenters. The van der Waals surface area contributed by atoms with Crippen molar-refractivity contribution in [3.8, 4) is 0 Å². The minimum Gasteiger partial charge on any atom is -0.369 e. The number of amides is 1. The summed E-state index contributed by atoms with van der Waals surface area (Å²) in [6, 6.07) is 0. The van der Waals surface area contributed by atoms with Crippen molar-refractivity contribution in [2.24, 2.45) is 17.6 Å². The van der Waals surface area contributed by atoms with Gasteiger partial charge >= 0.3 is 0 Å². The molecule has 0 aromatic heterocycles. The molecule has 5 heteroatoms. The first-order valence-corrected chi connectivity index (χ1v) is 3.41. The zero-order chi connectivity index (χ0) is 8.43. The predicted octanol–water partition coefficient (Wildman–Crippen LogP) is -0.428. The van der Waals surface area contributed by atoms with E-state index in [4.69, 9.17) is 5.73 Å². The maximum Gasteiger partial charge on any atom is 0.243 e. The Morgan fingerprint density at radius 2 is 2.18 bits per heavy atom. The highest BCUT2D eigenvalue weighted by atomic mass is 19.3. The molecule has 3 N–H and O–H groups in total. The molecule has 0 aromatic rings. The topological polar surface area (TPSA) is 55.1 Å². The molecule has 1 aliphatic rings. The van der Waals surface area contributed by atoms with E-state index in [1.165, 1.54) is 0 Å². The van der Waals surface area contributed by atoms with Gasteiger partial charge in [0.15, 0.2) is 0 Å². The number of hydrogen-bond acceptors (Lipinski definition) is 2. The van der Waals surface area contributed by atoms with Gasteiger partial charge in [-0.1, -0.05) is 0 Å². The highest BCUT2D eigenvalue weighted by Crippen LogP contribution is 2.22. The second-order valence-electron chi connectivity index (χ2n) is 2.67. The second kappa shape index (κ2) is 3.13. The molecule has 1 rings (SSSR count). The maximum atomic E-state index is 12.1. The molecule has 1 aliphatic heterocycles. The summed E-state index contributed by atoms with van der Waals surface area (Å²) in [6.07, 6.45) is -2.46. The van der Waals surface area contributed by atoms with Crippen LogP contribution in [0.3, 0.4) is 0 Å². The lowest BCUT2D eigenvalue weighted by Gasteiger charge is -2.13. The first-order valence-electron chi connectivity index (χ1n) is 3.41. The van der Waals surface area contributed by atoms with Crippen molar-refractivity contribution in [3.05, 3.63) is 0 Å². The molecule has 0 aliphatic carbocycles. The third-order valence-corrected chi connectivity index (χ3v) is 1.95. The number of halogens is 2. The van der Waals surface area contributed by atoms with E-state index in [0.29, 0.717) is 0 Å². The third-order valence-electron chi connectivity index (χ3n) is 1.95. The van der Waals surface area contributed by atoms with Crippen LogP contribution in [0.25, 0.3) is 0 Å². The van der Waals surface area contributed by atoms with E-state index >= 15 is 0 Å². The molecular weight excluding hydrogens is 154 g/mol. The molecule has 0 saturated carbocycles. The predicted molar refractivity (Wildman–Crippen MR) is 35.0 cm³/mol. The van der Waals surface area contributed by atoms with Crippen LogP contribution in [0, 0.1) is 11.8 Å². The van der Waals surface area contributed by atoms with Gasteiger partial charge in [-0.05, 0) is 0 Å². The van der Waals surface area contributed by atoms with Crippen molar-refractivity contribution in [2.75, 3.05) is 13.1 Å². The molecule has 1 saturated heterocycles. The van der Waals surface area contributed by atoms with Crippen LogP contribution in [-0.2, 0) is 4.79 Å². The number of hydrogen-bond donors (Lipinski definition) is 2. The zero-order valence-corrected chi connectivity index (χ0v) is 5.89. The van der Waals surface area contributed by atoms with Crippen LogP contribution < -0.4 is 11.1 Å². The fourth-order valence-electron chi connectivity index (χ4n) is 1.28. The maximum absolute atomic E-state index is 12.1. The zero-order valence-electron chi connectivity index (χ0n) is 5.89. The summed E-state index contributed by atoms with van der Waals surface area (Å²) in [5.74, 6) is -2.23. The van der Waals surface area contributed by atoms with Gasteiger partial charge in [0.25, 0.3) is 0 Å². The Morgan fingerprint density at radius 1 is 1.55 bits per heavy atom. The molecule has 1 heterocycles. The van der Waals surface area contributed by atoms with Gasteiger partial charge in [-0.15, -0.1) is 0 Å². The van der Waals surface area contributed by atoms with Gasteiger partial charge in [-0.2, -0.15) is 0 Å². The normalized spacial score (nSPS) is 31.2. The average molecular weight is 164 g/mol. The van der Waals surface area contributed by atoms with Gasteiger partial charge < -0.3 is 11.1 Å². The lowest BCUT2D eigenvalue weighted by atomic mass is 9.96. The summed E-state index contributed by atoms with van der Waals surface area (Å²) >= 11 is 0. The van der Waals surface area contributed by atoms with Crippen molar-refractivity contribution in [1.82, 2.24) is 5.32 Å². The monoisotopic (exact) mass is 164 g/mol. The van der Waals surface area contributed by atoms with Crippen molar-refractivity contribution in [3.63, 3.8) is 0 Å². The van der Waals surface area contributed by atoms with Gasteiger partial charge in [-0.3, -0.25) is 4.79 Å². The van der Waals surface area contributed by atoms with Gasteiger partial charge in [-0.25, -0.2) is 8.78 Å². The summed E-state index contributed by atoms with van der Waals surface area (Å²) in [7, 11) is 0. The highest BCUT2D eigenvalue weighted by Gasteiger charge is 2.37. The van der Waals surface area contributed by atoms with Crippen LogP contribution in [-0.4, -0.2) is 25.4 Å².